The van der Waals surface area contributed by atoms with Crippen LogP contribution in [0.3, 0.4) is 0 Å². The largest absolute Gasteiger partial charge is 0.353 e. The predicted octanol–water partition coefficient (Wildman–Crippen LogP) is 3.20. The number of aliphatic imine (C=N–C) groups is 1. The monoisotopic (exact) mass is 444 g/mol. The van der Waals surface area contributed by atoms with E-state index in [-0.39, 0.29) is 41.5 Å². The molecule has 0 aliphatic heterocycles. The van der Waals surface area contributed by atoms with Gasteiger partial charge in [-0.25, -0.2) is 8.78 Å². The molecule has 2 atom stereocenters. The van der Waals surface area contributed by atoms with Gasteiger partial charge < -0.3 is 10.6 Å². The van der Waals surface area contributed by atoms with E-state index in [9.17, 15) is 8.78 Å². The van der Waals surface area contributed by atoms with Crippen LogP contribution < -0.4 is 10.6 Å². The number of hydrogen-bond donors (Lipinski definition) is 2. The van der Waals surface area contributed by atoms with Crippen molar-refractivity contribution in [1.29, 1.82) is 0 Å². The van der Waals surface area contributed by atoms with Gasteiger partial charge in [0.15, 0.2) is 5.96 Å². The molecule has 128 valence electrons. The van der Waals surface area contributed by atoms with Crippen molar-refractivity contribution in [3.63, 3.8) is 0 Å². The molecule has 1 aromatic carbocycles. The van der Waals surface area contributed by atoms with Crippen LogP contribution in [-0.4, -0.2) is 24.0 Å². The number of halogens is 3. The van der Waals surface area contributed by atoms with Crippen molar-refractivity contribution in [2.45, 2.75) is 24.9 Å². The van der Waals surface area contributed by atoms with E-state index in [1.165, 1.54) is 18.2 Å². The number of guanidine groups is 1. The lowest BCUT2D eigenvalue weighted by atomic mass is 10.1. The molecule has 24 heavy (non-hydrogen) atoms. The second-order valence-corrected chi connectivity index (χ2v) is 5.48. The van der Waals surface area contributed by atoms with Gasteiger partial charge in [0.1, 0.15) is 11.6 Å². The van der Waals surface area contributed by atoms with Crippen molar-refractivity contribution in [2.24, 2.45) is 4.99 Å². The van der Waals surface area contributed by atoms with Gasteiger partial charge in [0.2, 0.25) is 0 Å². The molecule has 1 aliphatic rings. The van der Waals surface area contributed by atoms with Crippen LogP contribution in [0.2, 0.25) is 0 Å². The summed E-state index contributed by atoms with van der Waals surface area (Å²) in [7, 11) is 1.66. The Morgan fingerprint density at radius 1 is 1.21 bits per heavy atom. The lowest BCUT2D eigenvalue weighted by Crippen LogP contribution is -2.38. The summed E-state index contributed by atoms with van der Waals surface area (Å²) >= 11 is 0. The van der Waals surface area contributed by atoms with E-state index in [4.69, 9.17) is 0 Å². The molecule has 0 radical (unpaired) electrons. The third-order valence-electron chi connectivity index (χ3n) is 3.87. The van der Waals surface area contributed by atoms with Crippen LogP contribution in [0.25, 0.3) is 0 Å². The molecule has 0 bridgehead atoms. The lowest BCUT2D eigenvalue weighted by Gasteiger charge is -2.12. The number of pyridine rings is 1. The number of rotatable bonds is 4. The highest BCUT2D eigenvalue weighted by Gasteiger charge is 2.42. The fraction of sp³-hybridized carbons (Fsp3) is 0.294. The van der Waals surface area contributed by atoms with E-state index >= 15 is 0 Å². The lowest BCUT2D eigenvalue weighted by molar-refractivity contribution is 0.553. The molecule has 1 saturated carbocycles. The van der Waals surface area contributed by atoms with E-state index in [2.05, 4.69) is 20.6 Å². The molecule has 1 fully saturated rings. The highest BCUT2D eigenvalue weighted by Crippen LogP contribution is 2.42. The van der Waals surface area contributed by atoms with Crippen LogP contribution in [0.1, 0.15) is 23.6 Å². The Morgan fingerprint density at radius 2 is 1.96 bits per heavy atom. The maximum absolute atomic E-state index is 13.8. The van der Waals surface area contributed by atoms with Gasteiger partial charge in [-0.05, 0) is 30.7 Å². The van der Waals surface area contributed by atoms with Crippen LogP contribution in [0.4, 0.5) is 8.78 Å². The summed E-state index contributed by atoms with van der Waals surface area (Å²) in [5, 5.41) is 6.34. The number of benzene rings is 1. The van der Waals surface area contributed by atoms with Crippen LogP contribution in [-0.2, 0) is 6.54 Å². The average Bonchev–Trinajstić information content (AvgIpc) is 3.31. The summed E-state index contributed by atoms with van der Waals surface area (Å²) < 4.78 is 27.6. The number of nitrogens with zero attached hydrogens (tertiary/aromatic N) is 2. The third kappa shape index (κ3) is 4.40. The SMILES string of the molecule is CN=C(NCc1ccccn1)NC1CC1c1c(F)cccc1F.I. The van der Waals surface area contributed by atoms with E-state index in [1.54, 1.807) is 13.2 Å². The van der Waals surface area contributed by atoms with Crippen molar-refractivity contribution in [3.8, 4) is 0 Å². The van der Waals surface area contributed by atoms with Crippen LogP contribution in [0.5, 0.6) is 0 Å². The topological polar surface area (TPSA) is 49.3 Å². The Balaban J connectivity index is 0.00000208. The predicted molar refractivity (Wildman–Crippen MR) is 100 cm³/mol. The average molecular weight is 444 g/mol. The second kappa shape index (κ2) is 8.36. The van der Waals surface area contributed by atoms with E-state index in [0.29, 0.717) is 18.9 Å². The zero-order valence-corrected chi connectivity index (χ0v) is 15.5. The van der Waals surface area contributed by atoms with Gasteiger partial charge in [-0.15, -0.1) is 24.0 Å². The molecule has 2 aromatic rings. The Hall–Kier alpha value is -1.77. The van der Waals surface area contributed by atoms with Crippen molar-refractivity contribution >= 4 is 29.9 Å². The molecule has 7 heteroatoms. The van der Waals surface area contributed by atoms with Gasteiger partial charge in [-0.1, -0.05) is 12.1 Å². The second-order valence-electron chi connectivity index (χ2n) is 5.48. The molecule has 0 amide bonds. The summed E-state index contributed by atoms with van der Waals surface area (Å²) in [6.45, 7) is 0.534. The highest BCUT2D eigenvalue weighted by atomic mass is 127. The zero-order valence-electron chi connectivity index (χ0n) is 13.2. The first-order valence-corrected chi connectivity index (χ1v) is 7.50. The number of nitrogens with one attached hydrogen (secondary N) is 2. The Labute approximate surface area is 156 Å². The van der Waals surface area contributed by atoms with Gasteiger partial charge in [-0.2, -0.15) is 0 Å². The molecular formula is C17H19F2IN4. The Bertz CT molecular complexity index is 689. The maximum Gasteiger partial charge on any atom is 0.191 e. The van der Waals surface area contributed by atoms with Crippen molar-refractivity contribution in [1.82, 2.24) is 15.6 Å². The molecule has 4 nitrogen and oxygen atoms in total. The van der Waals surface area contributed by atoms with E-state index in [0.717, 1.165) is 5.69 Å². The minimum Gasteiger partial charge on any atom is -0.353 e. The standard InChI is InChI=1S/C17H18F2N4.HI/c1-20-17(22-10-11-5-2-3-8-21-11)23-15-9-12(15)16-13(18)6-4-7-14(16)19;/h2-8,12,15H,9-10H2,1H3,(H2,20,22,23);1H. The van der Waals surface area contributed by atoms with Gasteiger partial charge in [0.05, 0.1) is 12.2 Å². The van der Waals surface area contributed by atoms with Gasteiger partial charge in [-0.3, -0.25) is 9.98 Å². The fourth-order valence-corrected chi connectivity index (χ4v) is 2.59. The van der Waals surface area contributed by atoms with E-state index in [1.807, 2.05) is 18.2 Å². The quantitative estimate of drug-likeness (QED) is 0.433. The van der Waals surface area contributed by atoms with Crippen LogP contribution >= 0.6 is 24.0 Å². The molecular weight excluding hydrogens is 425 g/mol. The third-order valence-corrected chi connectivity index (χ3v) is 3.87. The summed E-state index contributed by atoms with van der Waals surface area (Å²) in [5.41, 5.74) is 1.05. The Morgan fingerprint density at radius 3 is 2.58 bits per heavy atom. The van der Waals surface area contributed by atoms with Gasteiger partial charge in [0.25, 0.3) is 0 Å². The molecule has 1 heterocycles. The molecule has 0 spiro atoms. The highest BCUT2D eigenvalue weighted by molar-refractivity contribution is 14.0. The Kier molecular flexibility index (Phi) is 6.47. The van der Waals surface area contributed by atoms with Gasteiger partial charge >= 0.3 is 0 Å². The fourth-order valence-electron chi connectivity index (χ4n) is 2.59. The van der Waals surface area contributed by atoms with Crippen LogP contribution in [0, 0.1) is 11.6 Å². The first kappa shape index (κ1) is 18.6. The molecule has 2 N–H and O–H groups in total. The zero-order chi connectivity index (χ0) is 16.2. The maximum atomic E-state index is 13.8. The van der Waals surface area contributed by atoms with Crippen molar-refractivity contribution in [3.05, 3.63) is 65.5 Å². The normalized spacial score (nSPS) is 19.4. The summed E-state index contributed by atoms with van der Waals surface area (Å²) in [5.74, 6) is -0.545. The van der Waals surface area contributed by atoms with Gasteiger partial charge in [0, 0.05) is 30.8 Å². The summed E-state index contributed by atoms with van der Waals surface area (Å²) in [4.78, 5) is 8.36. The molecule has 1 aromatic heterocycles. The number of aromatic nitrogens is 1. The first-order valence-electron chi connectivity index (χ1n) is 7.50. The first-order chi connectivity index (χ1) is 11.2. The minimum atomic E-state index is -0.490. The van der Waals surface area contributed by atoms with Crippen LogP contribution in [0.15, 0.2) is 47.6 Å². The molecule has 3 rings (SSSR count). The molecule has 0 saturated heterocycles. The molecule has 1 aliphatic carbocycles. The smallest absolute Gasteiger partial charge is 0.191 e. The van der Waals surface area contributed by atoms with Crippen molar-refractivity contribution < 1.29 is 8.78 Å². The summed E-state index contributed by atoms with van der Waals surface area (Å²) in [6, 6.07) is 9.63. The molecule has 2 unspecified atom stereocenters. The van der Waals surface area contributed by atoms with Crippen molar-refractivity contribution in [2.75, 3.05) is 7.05 Å². The minimum absolute atomic E-state index is 0. The summed E-state index contributed by atoms with van der Waals surface area (Å²) in [6.07, 6.45) is 2.41. The number of hydrogen-bond acceptors (Lipinski definition) is 2. The van der Waals surface area contributed by atoms with E-state index < -0.39 is 11.6 Å².